The van der Waals surface area contributed by atoms with Gasteiger partial charge in [-0.15, -0.1) is 0 Å². The summed E-state index contributed by atoms with van der Waals surface area (Å²) >= 11 is 0. The van der Waals surface area contributed by atoms with Crippen LogP contribution in [0.15, 0.2) is 103 Å². The van der Waals surface area contributed by atoms with E-state index >= 15 is 0 Å². The molecule has 0 radical (unpaired) electrons. The van der Waals surface area contributed by atoms with Crippen molar-refractivity contribution in [1.29, 1.82) is 0 Å². The van der Waals surface area contributed by atoms with Gasteiger partial charge in [-0.2, -0.15) is 0 Å². The molecule has 0 saturated carbocycles. The van der Waals surface area contributed by atoms with Crippen LogP contribution in [0.3, 0.4) is 0 Å². The number of carbonyl (C=O) groups excluding carboxylic acids is 2. The van der Waals surface area contributed by atoms with Crippen LogP contribution < -0.4 is 10.8 Å². The van der Waals surface area contributed by atoms with E-state index in [0.717, 1.165) is 85.5 Å². The van der Waals surface area contributed by atoms with Gasteiger partial charge < -0.3 is 19.9 Å². The Balaban J connectivity index is 1.08. The van der Waals surface area contributed by atoms with E-state index in [0.29, 0.717) is 25.8 Å². The normalized spacial score (nSPS) is 19.5. The fraction of sp³-hybridized carbons (Fsp3) is 0.395. The van der Waals surface area contributed by atoms with Gasteiger partial charge in [-0.25, -0.2) is 5.48 Å². The van der Waals surface area contributed by atoms with Crippen molar-refractivity contribution >= 4 is 11.8 Å². The summed E-state index contributed by atoms with van der Waals surface area (Å²) in [6, 6.07) is 35.2. The maximum Gasteiger partial charge on any atom is 0.243 e. The summed E-state index contributed by atoms with van der Waals surface area (Å²) in [7, 11) is 0. The summed E-state index contributed by atoms with van der Waals surface area (Å²) in [6.45, 7) is 6.26. The molecule has 280 valence electrons. The predicted molar refractivity (Wildman–Crippen MR) is 203 cm³/mol. The summed E-state index contributed by atoms with van der Waals surface area (Å²) < 4.78 is 13.4. The van der Waals surface area contributed by atoms with Crippen LogP contribution in [0.1, 0.15) is 78.7 Å². The number of ether oxygens (including phenoxy) is 2. The second-order valence-electron chi connectivity index (χ2n) is 14.1. The van der Waals surface area contributed by atoms with Crippen molar-refractivity contribution in [3.8, 4) is 11.1 Å². The summed E-state index contributed by atoms with van der Waals surface area (Å²) in [5, 5.41) is 21.2. The standard InChI is InChI=1S/C43H52N4O6/c48-31-33-17-19-35(20-18-33)40-27-39(30-47-23-21-46(22-24-47)29-32-9-3-1-4-10-32)52-43(53-40)38-14-8-13-37(26-38)36-12-7-11-34(25-36)28-44-41(49)15-5-2-6-16-42(50)45-51/h1,3-4,7-14,17-20,25-26,39-40,43,48,51H,2,5-6,15-16,21-24,27-31H2,(H,44,49)(H,45,50)/t39-,40+,43+/m0/s1. The highest BCUT2D eigenvalue weighted by molar-refractivity contribution is 5.76. The fourth-order valence-electron chi connectivity index (χ4n) is 7.11. The summed E-state index contributed by atoms with van der Waals surface area (Å²) in [5.74, 6) is -0.434. The predicted octanol–water partition coefficient (Wildman–Crippen LogP) is 6.28. The number of aliphatic hydroxyl groups is 1. The number of unbranched alkanes of at least 4 members (excludes halogenated alkanes) is 2. The van der Waals surface area contributed by atoms with Crippen molar-refractivity contribution in [1.82, 2.24) is 20.6 Å². The molecular formula is C43H52N4O6. The monoisotopic (exact) mass is 720 g/mol. The molecule has 4 aromatic carbocycles. The second kappa shape index (κ2) is 19.6. The van der Waals surface area contributed by atoms with Crippen molar-refractivity contribution < 1.29 is 29.4 Å². The minimum Gasteiger partial charge on any atom is -0.392 e. The third kappa shape index (κ3) is 11.5. The Morgan fingerprint density at radius 2 is 1.36 bits per heavy atom. The molecule has 0 spiro atoms. The van der Waals surface area contributed by atoms with Gasteiger partial charge >= 0.3 is 0 Å². The third-order valence-electron chi connectivity index (χ3n) is 10.1. The number of carbonyl (C=O) groups is 2. The van der Waals surface area contributed by atoms with E-state index in [2.05, 4.69) is 87.9 Å². The molecule has 2 fully saturated rings. The van der Waals surface area contributed by atoms with Crippen LogP contribution in [0.2, 0.25) is 0 Å². The number of nitrogens with zero attached hydrogens (tertiary/aromatic N) is 2. The Hall–Kier alpha value is -4.42. The second-order valence-corrected chi connectivity index (χ2v) is 14.1. The first-order chi connectivity index (χ1) is 25.9. The van der Waals surface area contributed by atoms with Crippen molar-refractivity contribution in [2.75, 3.05) is 32.7 Å². The average Bonchev–Trinajstić information content (AvgIpc) is 3.21. The molecule has 2 saturated heterocycles. The fourth-order valence-corrected chi connectivity index (χ4v) is 7.11. The minimum atomic E-state index is -0.545. The van der Waals surface area contributed by atoms with E-state index in [1.165, 1.54) is 5.56 Å². The lowest BCUT2D eigenvalue weighted by atomic mass is 9.98. The molecule has 0 aromatic heterocycles. The summed E-state index contributed by atoms with van der Waals surface area (Å²) in [6.07, 6.45) is 2.72. The average molecular weight is 721 g/mol. The number of hydroxylamine groups is 1. The van der Waals surface area contributed by atoms with Crippen LogP contribution >= 0.6 is 0 Å². The zero-order chi connectivity index (χ0) is 36.8. The van der Waals surface area contributed by atoms with Gasteiger partial charge in [0.1, 0.15) is 0 Å². The molecule has 0 bridgehead atoms. The Kier molecular flexibility index (Phi) is 14.2. The maximum atomic E-state index is 12.5. The van der Waals surface area contributed by atoms with Crippen LogP contribution in [0.25, 0.3) is 11.1 Å². The zero-order valence-corrected chi connectivity index (χ0v) is 30.4. The summed E-state index contributed by atoms with van der Waals surface area (Å²) in [5.41, 5.74) is 8.96. The number of aliphatic hydroxyl groups excluding tert-OH is 1. The highest BCUT2D eigenvalue weighted by atomic mass is 16.7. The number of hydrogen-bond donors (Lipinski definition) is 4. The first-order valence-electron chi connectivity index (χ1n) is 18.8. The molecule has 0 unspecified atom stereocenters. The topological polar surface area (TPSA) is 124 Å². The molecule has 2 amide bonds. The van der Waals surface area contributed by atoms with Gasteiger partial charge in [0.25, 0.3) is 0 Å². The lowest BCUT2D eigenvalue weighted by Gasteiger charge is -2.41. The Labute approximate surface area is 312 Å². The van der Waals surface area contributed by atoms with Crippen LogP contribution in [-0.4, -0.2) is 70.8 Å². The first-order valence-corrected chi connectivity index (χ1v) is 18.8. The third-order valence-corrected chi connectivity index (χ3v) is 10.1. The molecule has 3 atom stereocenters. The van der Waals surface area contributed by atoms with Gasteiger partial charge in [-0.3, -0.25) is 24.6 Å². The zero-order valence-electron chi connectivity index (χ0n) is 30.4. The Morgan fingerprint density at radius 1 is 0.679 bits per heavy atom. The van der Waals surface area contributed by atoms with E-state index in [-0.39, 0.29) is 31.1 Å². The Bertz CT molecular complexity index is 1750. The van der Waals surface area contributed by atoms with Crippen LogP contribution in [0, 0.1) is 0 Å². The van der Waals surface area contributed by atoms with Gasteiger partial charge in [-0.05, 0) is 58.4 Å². The number of benzene rings is 4. The molecule has 53 heavy (non-hydrogen) atoms. The molecule has 0 aliphatic carbocycles. The molecule has 2 aliphatic heterocycles. The molecule has 4 aromatic rings. The molecule has 4 N–H and O–H groups in total. The van der Waals surface area contributed by atoms with E-state index in [1.807, 2.05) is 30.3 Å². The number of nitrogens with one attached hydrogen (secondary N) is 2. The van der Waals surface area contributed by atoms with Crippen molar-refractivity contribution in [3.05, 3.63) is 131 Å². The lowest BCUT2D eigenvalue weighted by Crippen LogP contribution is -2.49. The SMILES string of the molecule is O=C(CCCCCC(=O)NCc1cccc(-c2cccc([C@@H]3O[C@H](CN4CCN(Cc5ccccc5)CC4)C[C@H](c4ccc(CO)cc4)O3)c2)c1)NO. The van der Waals surface area contributed by atoms with E-state index in [4.69, 9.17) is 14.7 Å². The Morgan fingerprint density at radius 3 is 2.09 bits per heavy atom. The van der Waals surface area contributed by atoms with E-state index in [1.54, 1.807) is 5.48 Å². The molecular weight excluding hydrogens is 668 g/mol. The largest absolute Gasteiger partial charge is 0.392 e. The van der Waals surface area contributed by atoms with E-state index in [9.17, 15) is 14.7 Å². The van der Waals surface area contributed by atoms with Crippen LogP contribution in [0.4, 0.5) is 0 Å². The smallest absolute Gasteiger partial charge is 0.243 e. The molecule has 2 heterocycles. The summed E-state index contributed by atoms with van der Waals surface area (Å²) in [4.78, 5) is 28.6. The van der Waals surface area contributed by atoms with E-state index < -0.39 is 12.2 Å². The molecule has 6 rings (SSSR count). The lowest BCUT2D eigenvalue weighted by molar-refractivity contribution is -0.253. The van der Waals surface area contributed by atoms with Gasteiger partial charge in [0.15, 0.2) is 6.29 Å². The van der Waals surface area contributed by atoms with Gasteiger partial charge in [-0.1, -0.05) is 97.4 Å². The molecule has 10 heteroatoms. The van der Waals surface area contributed by atoms with Crippen molar-refractivity contribution in [2.45, 2.75) is 76.7 Å². The highest BCUT2D eigenvalue weighted by Gasteiger charge is 2.34. The highest BCUT2D eigenvalue weighted by Crippen LogP contribution is 2.39. The number of amides is 2. The van der Waals surface area contributed by atoms with Crippen LogP contribution in [0.5, 0.6) is 0 Å². The number of rotatable bonds is 16. The molecule has 2 aliphatic rings. The molecule has 10 nitrogen and oxygen atoms in total. The quantitative estimate of drug-likeness (QED) is 0.0606. The van der Waals surface area contributed by atoms with Gasteiger partial charge in [0, 0.05) is 70.6 Å². The van der Waals surface area contributed by atoms with Crippen molar-refractivity contribution in [2.24, 2.45) is 0 Å². The number of piperazine rings is 1. The first kappa shape index (κ1) is 38.3. The van der Waals surface area contributed by atoms with Crippen molar-refractivity contribution in [3.63, 3.8) is 0 Å². The number of hydrogen-bond acceptors (Lipinski definition) is 8. The minimum absolute atomic E-state index is 0.00578. The van der Waals surface area contributed by atoms with Crippen LogP contribution in [-0.2, 0) is 38.8 Å². The van der Waals surface area contributed by atoms with Gasteiger partial charge in [0.2, 0.25) is 11.8 Å². The van der Waals surface area contributed by atoms with Gasteiger partial charge in [0.05, 0.1) is 18.8 Å². The maximum absolute atomic E-state index is 12.5.